The third-order valence-electron chi connectivity index (χ3n) is 2.72. The van der Waals surface area contributed by atoms with Gasteiger partial charge in [0.1, 0.15) is 12.4 Å². The lowest BCUT2D eigenvalue weighted by Crippen LogP contribution is -1.92. The molecule has 2 aromatic rings. The quantitative estimate of drug-likeness (QED) is 0.767. The van der Waals surface area contributed by atoms with Crippen molar-refractivity contribution in [3.05, 3.63) is 71.3 Å². The van der Waals surface area contributed by atoms with Gasteiger partial charge in [-0.3, -0.25) is 0 Å². The van der Waals surface area contributed by atoms with Crippen LogP contribution in [-0.4, -0.2) is 6.61 Å². The zero-order valence-electron chi connectivity index (χ0n) is 10.9. The summed E-state index contributed by atoms with van der Waals surface area (Å²) in [5, 5.41) is 0. The van der Waals surface area contributed by atoms with Crippen LogP contribution < -0.4 is 4.74 Å². The van der Waals surface area contributed by atoms with Crippen LogP contribution >= 0.6 is 0 Å². The summed E-state index contributed by atoms with van der Waals surface area (Å²) < 4.78 is 5.63. The maximum absolute atomic E-state index is 5.63. The van der Waals surface area contributed by atoms with E-state index < -0.39 is 0 Å². The molecule has 0 heterocycles. The average molecular weight is 238 g/mol. The summed E-state index contributed by atoms with van der Waals surface area (Å²) in [5.74, 6) is 0.912. The zero-order valence-corrected chi connectivity index (χ0v) is 10.9. The van der Waals surface area contributed by atoms with Gasteiger partial charge in [-0.25, -0.2) is 0 Å². The summed E-state index contributed by atoms with van der Waals surface area (Å²) in [6.07, 6.45) is 4.12. The molecule has 2 aromatic carbocycles. The van der Waals surface area contributed by atoms with Gasteiger partial charge in [-0.15, -0.1) is 0 Å². The van der Waals surface area contributed by atoms with E-state index in [4.69, 9.17) is 4.74 Å². The summed E-state index contributed by atoms with van der Waals surface area (Å²) >= 11 is 0. The van der Waals surface area contributed by atoms with E-state index in [1.807, 2.05) is 18.2 Å². The largest absolute Gasteiger partial charge is 0.490 e. The number of hydrogen-bond acceptors (Lipinski definition) is 1. The first kappa shape index (κ1) is 12.4. The Morgan fingerprint density at radius 2 is 1.72 bits per heavy atom. The fraction of sp³-hybridized carbons (Fsp3) is 0.176. The van der Waals surface area contributed by atoms with E-state index in [9.17, 15) is 0 Å². The molecule has 0 amide bonds. The Morgan fingerprint density at radius 1 is 0.944 bits per heavy atom. The molecular weight excluding hydrogens is 220 g/mol. The molecule has 0 aliphatic rings. The molecule has 1 nitrogen and oxygen atoms in total. The predicted molar refractivity (Wildman–Crippen MR) is 76.9 cm³/mol. The van der Waals surface area contributed by atoms with Crippen LogP contribution in [-0.2, 0) is 0 Å². The zero-order chi connectivity index (χ0) is 12.8. The van der Waals surface area contributed by atoms with Crippen molar-refractivity contribution < 1.29 is 4.74 Å². The third-order valence-corrected chi connectivity index (χ3v) is 2.72. The molecule has 0 atom stereocenters. The molecule has 0 unspecified atom stereocenters. The van der Waals surface area contributed by atoms with Gasteiger partial charge in [0.25, 0.3) is 0 Å². The first-order valence-electron chi connectivity index (χ1n) is 6.17. The minimum atomic E-state index is 0.594. The molecule has 0 aliphatic heterocycles. The highest BCUT2D eigenvalue weighted by molar-refractivity contribution is 5.50. The lowest BCUT2D eigenvalue weighted by Gasteiger charge is -2.03. The van der Waals surface area contributed by atoms with Gasteiger partial charge in [0.05, 0.1) is 0 Å². The van der Waals surface area contributed by atoms with Crippen LogP contribution in [0.2, 0.25) is 0 Å². The molecule has 1 heteroatoms. The molecule has 0 saturated carbocycles. The van der Waals surface area contributed by atoms with Crippen molar-refractivity contribution in [2.24, 2.45) is 0 Å². The van der Waals surface area contributed by atoms with Gasteiger partial charge in [-0.2, -0.15) is 0 Å². The molecule has 2 rings (SSSR count). The molecule has 0 aliphatic carbocycles. The van der Waals surface area contributed by atoms with E-state index in [1.165, 1.54) is 16.7 Å². The molecular formula is C17H18O. The highest BCUT2D eigenvalue weighted by Crippen LogP contribution is 2.11. The Labute approximate surface area is 109 Å². The van der Waals surface area contributed by atoms with Crippen LogP contribution in [0.5, 0.6) is 5.75 Å². The fourth-order valence-corrected chi connectivity index (χ4v) is 1.74. The summed E-state index contributed by atoms with van der Waals surface area (Å²) in [5.41, 5.74) is 3.73. The second-order valence-electron chi connectivity index (χ2n) is 4.44. The van der Waals surface area contributed by atoms with Crippen LogP contribution in [0.1, 0.15) is 16.7 Å². The van der Waals surface area contributed by atoms with Crippen LogP contribution in [0, 0.1) is 13.8 Å². The van der Waals surface area contributed by atoms with Crippen molar-refractivity contribution in [2.45, 2.75) is 13.8 Å². The molecule has 92 valence electrons. The standard InChI is InChI=1S/C17H18O/c1-14-8-10-17(11-9-14)18-12-4-7-16-6-3-5-15(2)13-16/h3-11,13H,12H2,1-2H3. The molecule has 0 aromatic heterocycles. The second-order valence-corrected chi connectivity index (χ2v) is 4.44. The van der Waals surface area contributed by atoms with E-state index >= 15 is 0 Å². The normalized spacial score (nSPS) is 10.8. The Hall–Kier alpha value is -2.02. The van der Waals surface area contributed by atoms with Crippen LogP contribution in [0.3, 0.4) is 0 Å². The molecule has 0 N–H and O–H groups in total. The van der Waals surface area contributed by atoms with Gasteiger partial charge < -0.3 is 4.74 Å². The van der Waals surface area contributed by atoms with Gasteiger partial charge in [0.2, 0.25) is 0 Å². The van der Waals surface area contributed by atoms with E-state index in [2.05, 4.69) is 56.3 Å². The van der Waals surface area contributed by atoms with Gasteiger partial charge >= 0.3 is 0 Å². The van der Waals surface area contributed by atoms with Gasteiger partial charge in [-0.1, -0.05) is 53.6 Å². The van der Waals surface area contributed by atoms with Gasteiger partial charge in [-0.05, 0) is 37.6 Å². The summed E-state index contributed by atoms with van der Waals surface area (Å²) in [4.78, 5) is 0. The molecule has 0 bridgehead atoms. The summed E-state index contributed by atoms with van der Waals surface area (Å²) in [6, 6.07) is 16.5. The number of hydrogen-bond donors (Lipinski definition) is 0. The lowest BCUT2D eigenvalue weighted by atomic mass is 10.1. The number of ether oxygens (including phenoxy) is 1. The highest BCUT2D eigenvalue weighted by atomic mass is 16.5. The maximum atomic E-state index is 5.63. The Bertz CT molecular complexity index is 524. The average Bonchev–Trinajstić information content (AvgIpc) is 2.37. The first-order valence-corrected chi connectivity index (χ1v) is 6.17. The topological polar surface area (TPSA) is 9.23 Å². The number of aryl methyl sites for hydroxylation is 2. The van der Waals surface area contributed by atoms with Gasteiger partial charge in [0.15, 0.2) is 0 Å². The maximum Gasteiger partial charge on any atom is 0.119 e. The number of rotatable bonds is 4. The fourth-order valence-electron chi connectivity index (χ4n) is 1.74. The molecule has 0 fully saturated rings. The van der Waals surface area contributed by atoms with E-state index in [-0.39, 0.29) is 0 Å². The SMILES string of the molecule is Cc1ccc(OCC=Cc2cccc(C)c2)cc1. The van der Waals surface area contributed by atoms with Crippen molar-refractivity contribution in [3.8, 4) is 5.75 Å². The predicted octanol–water partition coefficient (Wildman–Crippen LogP) is 4.40. The summed E-state index contributed by atoms with van der Waals surface area (Å²) in [6.45, 7) is 4.76. The van der Waals surface area contributed by atoms with Crippen LogP contribution in [0.4, 0.5) is 0 Å². The van der Waals surface area contributed by atoms with Crippen molar-refractivity contribution in [3.63, 3.8) is 0 Å². The lowest BCUT2D eigenvalue weighted by molar-refractivity contribution is 0.363. The van der Waals surface area contributed by atoms with Crippen molar-refractivity contribution in [1.29, 1.82) is 0 Å². The van der Waals surface area contributed by atoms with E-state index in [0.717, 1.165) is 5.75 Å². The minimum absolute atomic E-state index is 0.594. The minimum Gasteiger partial charge on any atom is -0.490 e. The molecule has 0 saturated heterocycles. The van der Waals surface area contributed by atoms with Crippen molar-refractivity contribution in [1.82, 2.24) is 0 Å². The van der Waals surface area contributed by atoms with Crippen molar-refractivity contribution in [2.75, 3.05) is 6.61 Å². The Kier molecular flexibility index (Phi) is 4.19. The molecule has 18 heavy (non-hydrogen) atoms. The second kappa shape index (κ2) is 6.06. The molecule has 0 spiro atoms. The van der Waals surface area contributed by atoms with E-state index in [0.29, 0.717) is 6.61 Å². The Morgan fingerprint density at radius 3 is 2.44 bits per heavy atom. The van der Waals surface area contributed by atoms with Crippen molar-refractivity contribution >= 4 is 6.08 Å². The first-order chi connectivity index (χ1) is 8.74. The van der Waals surface area contributed by atoms with Crippen LogP contribution in [0.25, 0.3) is 6.08 Å². The van der Waals surface area contributed by atoms with E-state index in [1.54, 1.807) is 0 Å². The monoisotopic (exact) mass is 238 g/mol. The van der Waals surface area contributed by atoms with Crippen LogP contribution in [0.15, 0.2) is 54.6 Å². The highest BCUT2D eigenvalue weighted by Gasteiger charge is 1.91. The summed E-state index contributed by atoms with van der Waals surface area (Å²) in [7, 11) is 0. The molecule has 0 radical (unpaired) electrons. The smallest absolute Gasteiger partial charge is 0.119 e. The van der Waals surface area contributed by atoms with Gasteiger partial charge in [0, 0.05) is 0 Å². The Balaban J connectivity index is 1.87. The third kappa shape index (κ3) is 3.77. The number of benzene rings is 2.